The van der Waals surface area contributed by atoms with Gasteiger partial charge in [-0.05, 0) is 47.7 Å². The molecule has 2 aromatic carbocycles. The van der Waals surface area contributed by atoms with Crippen molar-refractivity contribution in [2.45, 2.75) is 30.1 Å². The molecule has 180 valence electrons. The van der Waals surface area contributed by atoms with E-state index in [0.29, 0.717) is 35.7 Å². The van der Waals surface area contributed by atoms with Gasteiger partial charge in [0.2, 0.25) is 17.1 Å². The molecule has 3 rings (SSSR count). The number of methoxy groups -OCH3 is 4. The highest BCUT2D eigenvalue weighted by Gasteiger charge is 2.29. The highest BCUT2D eigenvalue weighted by atomic mass is 35.6. The number of halogens is 3. The van der Waals surface area contributed by atoms with Gasteiger partial charge in [-0.2, -0.15) is 0 Å². The fourth-order valence-electron chi connectivity index (χ4n) is 3.86. The number of rotatable bonds is 5. The lowest BCUT2D eigenvalue weighted by molar-refractivity contribution is -0.119. The first-order chi connectivity index (χ1) is 15.7. The maximum Gasteiger partial charge on any atom is 0.220 e. The lowest BCUT2D eigenvalue weighted by Crippen LogP contribution is -2.26. The third kappa shape index (κ3) is 6.37. The molecule has 0 aromatic heterocycles. The van der Waals surface area contributed by atoms with Crippen LogP contribution < -0.4 is 29.7 Å². The van der Waals surface area contributed by atoms with Crippen LogP contribution in [0.25, 0.3) is 11.1 Å². The smallest absolute Gasteiger partial charge is 0.220 e. The van der Waals surface area contributed by atoms with E-state index in [1.54, 1.807) is 27.4 Å². The van der Waals surface area contributed by atoms with Crippen LogP contribution in [0.15, 0.2) is 29.1 Å². The normalized spacial score (nSPS) is 14.0. The molecule has 1 amide bonds. The van der Waals surface area contributed by atoms with E-state index in [0.717, 1.165) is 16.7 Å². The Bertz CT molecular complexity index is 1060. The van der Waals surface area contributed by atoms with Gasteiger partial charge in [-0.15, -0.1) is 0 Å². The van der Waals surface area contributed by atoms with E-state index < -0.39 is 4.30 Å². The first-order valence-corrected chi connectivity index (χ1v) is 11.2. The van der Waals surface area contributed by atoms with Gasteiger partial charge < -0.3 is 24.3 Å². The van der Waals surface area contributed by atoms with Crippen LogP contribution in [0.2, 0.25) is 0 Å². The number of ether oxygens (including phenoxy) is 4. The number of nitrogens with one attached hydrogen (secondary N) is 1. The number of hydrogen-bond donors (Lipinski definition) is 1. The van der Waals surface area contributed by atoms with Crippen molar-refractivity contribution in [1.82, 2.24) is 5.32 Å². The number of fused-ring (bicyclic) bond motifs is 3. The fraction of sp³-hybridized carbons (Fsp3) is 0.391. The summed E-state index contributed by atoms with van der Waals surface area (Å²) in [5.41, 5.74) is 3.01. The SMILES string of the molecule is COc1cc2c(c(OC)c1OC)-c1ccc(OC)c(=O)cc1[C@@H](NC(C)=O)CC2.ClC(Cl)Cl. The Kier molecular flexibility index (Phi) is 9.95. The maximum absolute atomic E-state index is 12.6. The molecule has 0 saturated heterocycles. The summed E-state index contributed by atoms with van der Waals surface area (Å²) in [5, 5.41) is 2.96. The van der Waals surface area contributed by atoms with Gasteiger partial charge >= 0.3 is 0 Å². The van der Waals surface area contributed by atoms with Crippen LogP contribution in [0, 0.1) is 0 Å². The Labute approximate surface area is 207 Å². The molecule has 0 unspecified atom stereocenters. The molecule has 33 heavy (non-hydrogen) atoms. The van der Waals surface area contributed by atoms with Crippen molar-refractivity contribution in [2.75, 3.05) is 28.4 Å². The quantitative estimate of drug-likeness (QED) is 0.569. The third-order valence-electron chi connectivity index (χ3n) is 5.10. The van der Waals surface area contributed by atoms with Gasteiger partial charge in [-0.25, -0.2) is 0 Å². The number of carbonyl (C=O) groups excluding carboxylic acids is 1. The molecule has 1 atom stereocenters. The van der Waals surface area contributed by atoms with E-state index in [4.69, 9.17) is 53.8 Å². The van der Waals surface area contributed by atoms with Gasteiger partial charge in [0.1, 0.15) is 0 Å². The summed E-state index contributed by atoms with van der Waals surface area (Å²) in [4.78, 5) is 24.5. The highest BCUT2D eigenvalue weighted by Crippen LogP contribution is 2.50. The predicted molar refractivity (Wildman–Crippen MR) is 131 cm³/mol. The van der Waals surface area contributed by atoms with Crippen LogP contribution in [0.5, 0.6) is 23.0 Å². The molecule has 10 heteroatoms. The second-order valence-electron chi connectivity index (χ2n) is 7.00. The summed E-state index contributed by atoms with van der Waals surface area (Å²) in [6.45, 7) is 1.46. The second kappa shape index (κ2) is 12.2. The molecule has 0 saturated carbocycles. The van der Waals surface area contributed by atoms with E-state index in [-0.39, 0.29) is 23.1 Å². The van der Waals surface area contributed by atoms with E-state index >= 15 is 0 Å². The molecule has 0 spiro atoms. The predicted octanol–water partition coefficient (Wildman–Crippen LogP) is 4.86. The van der Waals surface area contributed by atoms with Crippen LogP contribution >= 0.6 is 34.8 Å². The summed E-state index contributed by atoms with van der Waals surface area (Å²) in [6.07, 6.45) is 1.27. The van der Waals surface area contributed by atoms with Crippen LogP contribution in [0.1, 0.15) is 30.5 Å². The van der Waals surface area contributed by atoms with Crippen LogP contribution in [0.3, 0.4) is 0 Å². The Morgan fingerprint density at radius 2 is 1.58 bits per heavy atom. The molecule has 1 aliphatic carbocycles. The minimum absolute atomic E-state index is 0.167. The standard InChI is InChI=1S/C22H25NO6.CHCl3/c1-12(24)23-16-8-6-13-10-19(27-3)21(28-4)22(29-5)20(13)14-7-9-18(26-2)17(25)11-15(14)16;2-1(3)4/h7,9-11,16H,6,8H2,1-5H3,(H,23,24);1H/t16-;/m0./s1. The second-order valence-corrected chi connectivity index (χ2v) is 8.98. The van der Waals surface area contributed by atoms with Gasteiger partial charge in [0.25, 0.3) is 0 Å². The molecular formula is C23H26Cl3NO6. The Morgan fingerprint density at radius 3 is 2.09 bits per heavy atom. The zero-order valence-electron chi connectivity index (χ0n) is 19.0. The molecule has 2 aromatic rings. The molecule has 0 bridgehead atoms. The van der Waals surface area contributed by atoms with Gasteiger partial charge in [0, 0.05) is 12.5 Å². The summed E-state index contributed by atoms with van der Waals surface area (Å²) in [6, 6.07) is 6.57. The van der Waals surface area contributed by atoms with Crippen molar-refractivity contribution in [3.63, 3.8) is 0 Å². The molecule has 0 heterocycles. The minimum Gasteiger partial charge on any atom is -0.493 e. The number of alkyl halides is 3. The van der Waals surface area contributed by atoms with Crippen molar-refractivity contribution in [3.8, 4) is 34.1 Å². The van der Waals surface area contributed by atoms with Crippen LogP contribution in [-0.2, 0) is 11.2 Å². The van der Waals surface area contributed by atoms with Crippen molar-refractivity contribution >= 4 is 40.7 Å². The Morgan fingerprint density at radius 1 is 0.970 bits per heavy atom. The summed E-state index contributed by atoms with van der Waals surface area (Å²) in [5.74, 6) is 1.60. The lowest BCUT2D eigenvalue weighted by Gasteiger charge is -2.19. The van der Waals surface area contributed by atoms with E-state index in [1.807, 2.05) is 12.1 Å². The number of aryl methyl sites for hydroxylation is 1. The van der Waals surface area contributed by atoms with Gasteiger partial charge in [-0.1, -0.05) is 40.9 Å². The third-order valence-corrected chi connectivity index (χ3v) is 5.10. The van der Waals surface area contributed by atoms with E-state index in [9.17, 15) is 9.59 Å². The van der Waals surface area contributed by atoms with Gasteiger partial charge in [0.15, 0.2) is 21.5 Å². The zero-order chi connectivity index (χ0) is 24.7. The number of hydrogen-bond acceptors (Lipinski definition) is 6. The molecule has 0 aliphatic heterocycles. The van der Waals surface area contributed by atoms with Gasteiger partial charge in [-0.3, -0.25) is 9.59 Å². The summed E-state index contributed by atoms with van der Waals surface area (Å²) in [7, 11) is 6.14. The highest BCUT2D eigenvalue weighted by molar-refractivity contribution is 6.63. The van der Waals surface area contributed by atoms with Crippen molar-refractivity contribution < 1.29 is 23.7 Å². The minimum atomic E-state index is -0.750. The van der Waals surface area contributed by atoms with E-state index in [2.05, 4.69) is 5.32 Å². The number of benzene rings is 1. The van der Waals surface area contributed by atoms with Gasteiger partial charge in [0.05, 0.1) is 34.5 Å². The summed E-state index contributed by atoms with van der Waals surface area (Å²) >= 11 is 14.4. The summed E-state index contributed by atoms with van der Waals surface area (Å²) < 4.78 is 21.2. The maximum atomic E-state index is 12.6. The number of amides is 1. The van der Waals surface area contributed by atoms with Crippen molar-refractivity contribution in [2.24, 2.45) is 0 Å². The topological polar surface area (TPSA) is 83.1 Å². The molecular weight excluding hydrogens is 493 g/mol. The molecule has 1 N–H and O–H groups in total. The largest absolute Gasteiger partial charge is 0.493 e. The Hall–Kier alpha value is -2.35. The molecule has 7 nitrogen and oxygen atoms in total. The first-order valence-electron chi connectivity index (χ1n) is 9.92. The molecule has 1 aliphatic rings. The monoisotopic (exact) mass is 517 g/mol. The van der Waals surface area contributed by atoms with Crippen LogP contribution in [-0.4, -0.2) is 38.6 Å². The fourth-order valence-corrected chi connectivity index (χ4v) is 3.86. The zero-order valence-corrected chi connectivity index (χ0v) is 21.2. The van der Waals surface area contributed by atoms with E-state index in [1.165, 1.54) is 20.1 Å². The average Bonchev–Trinajstić information content (AvgIpc) is 3.00. The Balaban J connectivity index is 0.000000890. The number of carbonyl (C=O) groups is 1. The van der Waals surface area contributed by atoms with Crippen LogP contribution in [0.4, 0.5) is 0 Å². The lowest BCUT2D eigenvalue weighted by atomic mass is 9.95. The van der Waals surface area contributed by atoms with Crippen molar-refractivity contribution in [3.05, 3.63) is 45.6 Å². The molecule has 0 fully saturated rings. The molecule has 0 radical (unpaired) electrons. The average molecular weight is 519 g/mol. The van der Waals surface area contributed by atoms with Crippen molar-refractivity contribution in [1.29, 1.82) is 0 Å². The first kappa shape index (κ1) is 26.9.